The summed E-state index contributed by atoms with van der Waals surface area (Å²) in [5.41, 5.74) is 0. The van der Waals surface area contributed by atoms with Gasteiger partial charge in [0.15, 0.2) is 0 Å². The molecule has 3 heteroatoms. The summed E-state index contributed by atoms with van der Waals surface area (Å²) in [5, 5.41) is 0. The molecular formula is C5H8Br2O. The van der Waals surface area contributed by atoms with Gasteiger partial charge in [-0.2, -0.15) is 0 Å². The van der Waals surface area contributed by atoms with E-state index < -0.39 is 0 Å². The first-order chi connectivity index (χ1) is 3.55. The molecule has 0 aliphatic heterocycles. The fourth-order valence-corrected chi connectivity index (χ4v) is 0.696. The van der Waals surface area contributed by atoms with Crippen LogP contribution in [0.3, 0.4) is 0 Å². The van der Waals surface area contributed by atoms with Crippen molar-refractivity contribution in [1.82, 2.24) is 0 Å². The highest BCUT2D eigenvalue weighted by Crippen LogP contribution is 2.13. The second-order valence-electron chi connectivity index (χ2n) is 1.69. The van der Waals surface area contributed by atoms with Crippen molar-refractivity contribution in [2.45, 2.75) is 23.5 Å². The van der Waals surface area contributed by atoms with Gasteiger partial charge in [0.1, 0.15) is 5.78 Å². The Hall–Kier alpha value is 0.630. The van der Waals surface area contributed by atoms with Crippen molar-refractivity contribution < 1.29 is 4.79 Å². The van der Waals surface area contributed by atoms with Crippen LogP contribution >= 0.6 is 31.9 Å². The van der Waals surface area contributed by atoms with Crippen molar-refractivity contribution in [3.63, 3.8) is 0 Å². The SMILES string of the molecule is CC(=O)C(Br)C(C)Br. The molecule has 8 heavy (non-hydrogen) atoms. The van der Waals surface area contributed by atoms with E-state index in [1.807, 2.05) is 6.92 Å². The zero-order valence-electron chi connectivity index (χ0n) is 4.82. The summed E-state index contributed by atoms with van der Waals surface area (Å²) in [6.07, 6.45) is 0. The molecule has 0 bridgehead atoms. The Kier molecular flexibility index (Phi) is 3.90. The molecule has 0 radical (unpaired) electrons. The smallest absolute Gasteiger partial charge is 0.144 e. The number of hydrogen-bond donors (Lipinski definition) is 0. The van der Waals surface area contributed by atoms with E-state index >= 15 is 0 Å². The number of rotatable bonds is 2. The topological polar surface area (TPSA) is 17.1 Å². The third kappa shape index (κ3) is 2.82. The summed E-state index contributed by atoms with van der Waals surface area (Å²) in [4.78, 5) is 10.7. The Morgan fingerprint density at radius 1 is 1.50 bits per heavy atom. The van der Waals surface area contributed by atoms with Gasteiger partial charge in [-0.15, -0.1) is 0 Å². The normalized spacial score (nSPS) is 17.5. The average Bonchev–Trinajstić information content (AvgIpc) is 1.64. The summed E-state index contributed by atoms with van der Waals surface area (Å²) in [5.74, 6) is 0.161. The lowest BCUT2D eigenvalue weighted by Crippen LogP contribution is -2.18. The van der Waals surface area contributed by atoms with Gasteiger partial charge in [0.25, 0.3) is 0 Å². The van der Waals surface area contributed by atoms with Crippen LogP contribution in [-0.4, -0.2) is 15.4 Å². The second kappa shape index (κ2) is 3.62. The quantitative estimate of drug-likeness (QED) is 0.680. The predicted molar refractivity (Wildman–Crippen MR) is 41.8 cm³/mol. The van der Waals surface area contributed by atoms with Gasteiger partial charge >= 0.3 is 0 Å². The number of carbonyl (C=O) groups excluding carboxylic acids is 1. The molecule has 2 atom stereocenters. The van der Waals surface area contributed by atoms with E-state index in [2.05, 4.69) is 31.9 Å². The minimum Gasteiger partial charge on any atom is -0.299 e. The van der Waals surface area contributed by atoms with Crippen LogP contribution in [0.4, 0.5) is 0 Å². The Labute approximate surface area is 66.1 Å². The zero-order chi connectivity index (χ0) is 6.73. The van der Waals surface area contributed by atoms with Crippen LogP contribution < -0.4 is 0 Å². The van der Waals surface area contributed by atoms with Crippen molar-refractivity contribution >= 4 is 37.6 Å². The number of carbonyl (C=O) groups is 1. The Balaban J connectivity index is 3.64. The first-order valence-corrected chi connectivity index (χ1v) is 4.17. The van der Waals surface area contributed by atoms with Gasteiger partial charge in [-0.05, 0) is 6.92 Å². The molecule has 2 unspecified atom stereocenters. The molecule has 0 aliphatic rings. The second-order valence-corrected chi connectivity index (χ2v) is 4.12. The van der Waals surface area contributed by atoms with Gasteiger partial charge in [-0.3, -0.25) is 4.79 Å². The molecule has 0 saturated carbocycles. The summed E-state index contributed by atoms with van der Waals surface area (Å²) in [6.45, 7) is 3.50. The molecule has 0 spiro atoms. The molecule has 0 rings (SSSR count). The molecule has 0 aromatic heterocycles. The Morgan fingerprint density at radius 3 is 1.88 bits per heavy atom. The van der Waals surface area contributed by atoms with Crippen LogP contribution in [-0.2, 0) is 4.79 Å². The van der Waals surface area contributed by atoms with Gasteiger partial charge in [-0.25, -0.2) is 0 Å². The molecular weight excluding hydrogens is 236 g/mol. The van der Waals surface area contributed by atoms with E-state index in [9.17, 15) is 4.79 Å². The van der Waals surface area contributed by atoms with Crippen LogP contribution in [0.15, 0.2) is 0 Å². The standard InChI is InChI=1S/C5H8Br2O/c1-3(6)5(7)4(2)8/h3,5H,1-2H3. The molecule has 0 heterocycles. The van der Waals surface area contributed by atoms with Crippen molar-refractivity contribution in [3.8, 4) is 0 Å². The van der Waals surface area contributed by atoms with E-state index in [-0.39, 0.29) is 15.4 Å². The summed E-state index contributed by atoms with van der Waals surface area (Å²) in [6, 6.07) is 0. The average molecular weight is 244 g/mol. The lowest BCUT2D eigenvalue weighted by molar-refractivity contribution is -0.116. The highest BCUT2D eigenvalue weighted by Gasteiger charge is 2.14. The summed E-state index contributed by atoms with van der Waals surface area (Å²) in [7, 11) is 0. The first kappa shape index (κ1) is 8.63. The maximum atomic E-state index is 10.5. The van der Waals surface area contributed by atoms with Crippen molar-refractivity contribution in [1.29, 1.82) is 0 Å². The van der Waals surface area contributed by atoms with Gasteiger partial charge < -0.3 is 0 Å². The molecule has 0 amide bonds. The van der Waals surface area contributed by atoms with Gasteiger partial charge in [0, 0.05) is 4.83 Å². The fourth-order valence-electron chi connectivity index (χ4n) is 0.323. The molecule has 1 nitrogen and oxygen atoms in total. The van der Waals surface area contributed by atoms with Crippen LogP contribution in [0.25, 0.3) is 0 Å². The molecule has 0 N–H and O–H groups in total. The highest BCUT2D eigenvalue weighted by molar-refractivity contribution is 9.12. The molecule has 48 valence electrons. The lowest BCUT2D eigenvalue weighted by Gasteiger charge is -2.05. The summed E-state index contributed by atoms with van der Waals surface area (Å²) < 4.78 is 0. The molecule has 0 aromatic carbocycles. The van der Waals surface area contributed by atoms with Gasteiger partial charge in [-0.1, -0.05) is 38.8 Å². The first-order valence-electron chi connectivity index (χ1n) is 2.34. The molecule has 0 fully saturated rings. The van der Waals surface area contributed by atoms with Crippen molar-refractivity contribution in [2.75, 3.05) is 0 Å². The molecule has 0 aromatic rings. The minimum absolute atomic E-state index is 0.0394. The zero-order valence-corrected chi connectivity index (χ0v) is 7.99. The largest absolute Gasteiger partial charge is 0.299 e. The number of hydrogen-bond acceptors (Lipinski definition) is 1. The molecule has 0 aliphatic carbocycles. The number of Topliss-reactive ketones (excluding diaryl/α,β-unsaturated/α-hetero) is 1. The van der Waals surface area contributed by atoms with Crippen molar-refractivity contribution in [3.05, 3.63) is 0 Å². The highest BCUT2D eigenvalue weighted by atomic mass is 79.9. The van der Waals surface area contributed by atoms with E-state index in [0.29, 0.717) is 0 Å². The van der Waals surface area contributed by atoms with Crippen LogP contribution in [0.2, 0.25) is 0 Å². The maximum Gasteiger partial charge on any atom is 0.144 e. The van der Waals surface area contributed by atoms with Crippen LogP contribution in [0.1, 0.15) is 13.8 Å². The Morgan fingerprint density at radius 2 is 1.88 bits per heavy atom. The van der Waals surface area contributed by atoms with Crippen molar-refractivity contribution in [2.24, 2.45) is 0 Å². The third-order valence-electron chi connectivity index (χ3n) is 0.792. The predicted octanol–water partition coefficient (Wildman–Crippen LogP) is 2.12. The third-order valence-corrected chi connectivity index (χ3v) is 3.47. The van der Waals surface area contributed by atoms with E-state index in [1.165, 1.54) is 0 Å². The summed E-state index contributed by atoms with van der Waals surface area (Å²) >= 11 is 6.48. The lowest BCUT2D eigenvalue weighted by atomic mass is 10.2. The van der Waals surface area contributed by atoms with E-state index in [1.54, 1.807) is 6.92 Å². The molecule has 0 saturated heterocycles. The van der Waals surface area contributed by atoms with E-state index in [4.69, 9.17) is 0 Å². The van der Waals surface area contributed by atoms with Crippen LogP contribution in [0.5, 0.6) is 0 Å². The maximum absolute atomic E-state index is 10.5. The van der Waals surface area contributed by atoms with Crippen LogP contribution in [0, 0.1) is 0 Å². The van der Waals surface area contributed by atoms with E-state index in [0.717, 1.165) is 0 Å². The Bertz CT molecular complexity index is 90.4. The van der Waals surface area contributed by atoms with Gasteiger partial charge in [0.2, 0.25) is 0 Å². The fraction of sp³-hybridized carbons (Fsp3) is 0.800. The number of ketones is 1. The number of halogens is 2. The minimum atomic E-state index is -0.0394. The number of alkyl halides is 2. The monoisotopic (exact) mass is 242 g/mol. The van der Waals surface area contributed by atoms with Gasteiger partial charge in [0.05, 0.1) is 4.83 Å².